The second-order valence-corrected chi connectivity index (χ2v) is 11.2. The molecule has 1 aromatic heterocycles. The van der Waals surface area contributed by atoms with Crippen LogP contribution in [0.1, 0.15) is 99.0 Å². The molecule has 1 N–H and O–H groups in total. The Morgan fingerprint density at radius 3 is 2.31 bits per heavy atom. The second kappa shape index (κ2) is 9.90. The molecule has 0 aromatic carbocycles. The Kier molecular flexibility index (Phi) is 7.18. The zero-order valence-corrected chi connectivity index (χ0v) is 20.1. The first-order valence-corrected chi connectivity index (χ1v) is 13.1. The first kappa shape index (κ1) is 23.2. The van der Waals surface area contributed by atoms with Crippen molar-refractivity contribution >= 4 is 40.3 Å². The number of nitrogens with zero attached hydrogens (tertiary/aromatic N) is 1. The largest absolute Gasteiger partial charge is 0.477 e. The van der Waals surface area contributed by atoms with Gasteiger partial charge in [0.25, 0.3) is 0 Å². The topological polar surface area (TPSA) is 74.7 Å². The Morgan fingerprint density at radius 1 is 1.00 bits per heavy atom. The van der Waals surface area contributed by atoms with Gasteiger partial charge in [-0.15, -0.1) is 11.3 Å². The highest BCUT2D eigenvalue weighted by Gasteiger charge is 2.37. The SMILES string of the molecule is CC1CCC(C(=O)N(c2cc(C3=CCCC(C)C3)sc2C(=O)O)C2CCC(=O)CC2)CC1. The number of anilines is 1. The number of carbonyl (C=O) groups is 3. The van der Waals surface area contributed by atoms with Crippen molar-refractivity contribution in [2.24, 2.45) is 17.8 Å². The van der Waals surface area contributed by atoms with E-state index >= 15 is 0 Å². The number of aromatic carboxylic acids is 1. The molecule has 1 unspecified atom stereocenters. The second-order valence-electron chi connectivity index (χ2n) is 10.2. The van der Waals surface area contributed by atoms with Gasteiger partial charge in [-0.05, 0) is 81.3 Å². The summed E-state index contributed by atoms with van der Waals surface area (Å²) in [6, 6.07) is 1.86. The van der Waals surface area contributed by atoms with Crippen LogP contribution in [0.5, 0.6) is 0 Å². The summed E-state index contributed by atoms with van der Waals surface area (Å²) in [7, 11) is 0. The molecule has 1 heterocycles. The van der Waals surface area contributed by atoms with E-state index in [0.717, 1.165) is 49.8 Å². The lowest BCUT2D eigenvalue weighted by atomic mass is 9.81. The molecule has 2 saturated carbocycles. The van der Waals surface area contributed by atoms with Gasteiger partial charge < -0.3 is 10.0 Å². The highest BCUT2D eigenvalue weighted by molar-refractivity contribution is 7.15. The van der Waals surface area contributed by atoms with Crippen molar-refractivity contribution in [1.82, 2.24) is 0 Å². The standard InChI is InChI=1S/C26H35NO4S/c1-16-6-8-18(9-7-16)25(29)27(20-10-12-21(28)13-11-20)22-15-23(32-24(22)26(30)31)19-5-3-4-17(2)14-19/h5,15-18,20H,3-4,6-14H2,1-2H3,(H,30,31). The monoisotopic (exact) mass is 457 g/mol. The summed E-state index contributed by atoms with van der Waals surface area (Å²) in [5.74, 6) is 0.507. The number of carboxylic acid groups (broad SMARTS) is 1. The van der Waals surface area contributed by atoms with E-state index in [1.54, 1.807) is 0 Å². The Labute approximate surface area is 194 Å². The van der Waals surface area contributed by atoms with Gasteiger partial charge in [-0.25, -0.2) is 4.79 Å². The van der Waals surface area contributed by atoms with Crippen LogP contribution in [0.2, 0.25) is 0 Å². The molecule has 6 heteroatoms. The fourth-order valence-corrected chi connectivity index (χ4v) is 6.60. The Bertz CT molecular complexity index is 899. The third-order valence-corrected chi connectivity index (χ3v) is 8.77. The predicted octanol–water partition coefficient (Wildman–Crippen LogP) is 6.32. The van der Waals surface area contributed by atoms with E-state index in [0.29, 0.717) is 43.2 Å². The van der Waals surface area contributed by atoms with E-state index < -0.39 is 5.97 Å². The molecule has 0 bridgehead atoms. The lowest BCUT2D eigenvalue weighted by Crippen LogP contribution is -2.46. The van der Waals surface area contributed by atoms with E-state index in [9.17, 15) is 19.5 Å². The molecule has 2 fully saturated rings. The van der Waals surface area contributed by atoms with Crippen molar-refractivity contribution in [3.05, 3.63) is 21.9 Å². The van der Waals surface area contributed by atoms with E-state index in [-0.39, 0.29) is 28.5 Å². The number of rotatable bonds is 5. The maximum Gasteiger partial charge on any atom is 0.348 e. The summed E-state index contributed by atoms with van der Waals surface area (Å²) in [5.41, 5.74) is 1.76. The quantitative estimate of drug-likeness (QED) is 0.561. The fourth-order valence-electron chi connectivity index (χ4n) is 5.56. The van der Waals surface area contributed by atoms with Gasteiger partial charge in [0.1, 0.15) is 10.7 Å². The van der Waals surface area contributed by atoms with Crippen LogP contribution in [-0.4, -0.2) is 28.8 Å². The van der Waals surface area contributed by atoms with Crippen LogP contribution in [0, 0.1) is 17.8 Å². The molecular formula is C26H35NO4S. The van der Waals surface area contributed by atoms with E-state index in [2.05, 4.69) is 19.9 Å². The Morgan fingerprint density at radius 2 is 1.69 bits per heavy atom. The molecule has 174 valence electrons. The maximum absolute atomic E-state index is 13.8. The highest BCUT2D eigenvalue weighted by Crippen LogP contribution is 2.42. The van der Waals surface area contributed by atoms with Crippen LogP contribution < -0.4 is 4.90 Å². The molecule has 3 aliphatic rings. The van der Waals surface area contributed by atoms with Crippen LogP contribution in [0.3, 0.4) is 0 Å². The molecule has 5 nitrogen and oxygen atoms in total. The molecule has 0 aliphatic heterocycles. The minimum absolute atomic E-state index is 0.0530. The van der Waals surface area contributed by atoms with Crippen molar-refractivity contribution in [1.29, 1.82) is 0 Å². The minimum atomic E-state index is -0.970. The van der Waals surface area contributed by atoms with Gasteiger partial charge in [0.2, 0.25) is 5.91 Å². The average molecular weight is 458 g/mol. The maximum atomic E-state index is 13.8. The van der Waals surface area contributed by atoms with Gasteiger partial charge >= 0.3 is 5.97 Å². The van der Waals surface area contributed by atoms with E-state index in [4.69, 9.17) is 0 Å². The Balaban J connectivity index is 1.71. The lowest BCUT2D eigenvalue weighted by molar-refractivity contribution is -0.125. The number of carboxylic acids is 1. The first-order chi connectivity index (χ1) is 15.3. The molecule has 3 aliphatic carbocycles. The smallest absolute Gasteiger partial charge is 0.348 e. The average Bonchev–Trinajstić information content (AvgIpc) is 3.21. The molecule has 1 aromatic rings. The van der Waals surface area contributed by atoms with Crippen molar-refractivity contribution in [3.63, 3.8) is 0 Å². The highest BCUT2D eigenvalue weighted by atomic mass is 32.1. The summed E-state index contributed by atoms with van der Waals surface area (Å²) < 4.78 is 0. The number of hydrogen-bond acceptors (Lipinski definition) is 4. The van der Waals surface area contributed by atoms with Crippen molar-refractivity contribution < 1.29 is 19.5 Å². The molecular weight excluding hydrogens is 422 g/mol. The zero-order chi connectivity index (χ0) is 22.8. The Hall–Kier alpha value is -1.95. The number of Topliss-reactive ketones (excluding diaryl/α,β-unsaturated/α-hetero) is 1. The molecule has 4 rings (SSSR count). The van der Waals surface area contributed by atoms with Crippen molar-refractivity contribution in [3.8, 4) is 0 Å². The summed E-state index contributed by atoms with van der Waals surface area (Å²) in [4.78, 5) is 41.0. The molecule has 1 atom stereocenters. The predicted molar refractivity (Wildman–Crippen MR) is 128 cm³/mol. The number of amides is 1. The lowest BCUT2D eigenvalue weighted by Gasteiger charge is -2.37. The number of allylic oxidation sites excluding steroid dienone is 2. The summed E-state index contributed by atoms with van der Waals surface area (Å²) >= 11 is 1.30. The summed E-state index contributed by atoms with van der Waals surface area (Å²) in [6.07, 6.45) is 11.4. The van der Waals surface area contributed by atoms with Crippen LogP contribution in [0.25, 0.3) is 5.57 Å². The summed E-state index contributed by atoms with van der Waals surface area (Å²) in [5, 5.41) is 10.0. The van der Waals surface area contributed by atoms with Crippen molar-refractivity contribution in [2.75, 3.05) is 4.90 Å². The first-order valence-electron chi connectivity index (χ1n) is 12.2. The van der Waals surface area contributed by atoms with E-state index in [1.165, 1.54) is 16.9 Å². The molecule has 0 spiro atoms. The van der Waals surface area contributed by atoms with E-state index in [1.807, 2.05) is 11.0 Å². The van der Waals surface area contributed by atoms with Gasteiger partial charge in [-0.1, -0.05) is 19.9 Å². The fraction of sp³-hybridized carbons (Fsp3) is 0.654. The van der Waals surface area contributed by atoms with Gasteiger partial charge in [0.15, 0.2) is 0 Å². The van der Waals surface area contributed by atoms with Crippen molar-refractivity contribution in [2.45, 2.75) is 90.5 Å². The zero-order valence-electron chi connectivity index (χ0n) is 19.3. The van der Waals surface area contributed by atoms with Crippen LogP contribution in [0.15, 0.2) is 12.1 Å². The molecule has 0 radical (unpaired) electrons. The number of ketones is 1. The normalized spacial score (nSPS) is 27.1. The number of thiophene rings is 1. The number of carbonyl (C=O) groups excluding carboxylic acids is 2. The van der Waals surface area contributed by atoms with Gasteiger partial charge in [-0.2, -0.15) is 0 Å². The van der Waals surface area contributed by atoms with Gasteiger partial charge in [0.05, 0.1) is 5.69 Å². The molecule has 32 heavy (non-hydrogen) atoms. The third kappa shape index (κ3) is 5.00. The van der Waals surface area contributed by atoms with Crippen LogP contribution >= 0.6 is 11.3 Å². The third-order valence-electron chi connectivity index (χ3n) is 7.58. The van der Waals surface area contributed by atoms with Crippen LogP contribution in [0.4, 0.5) is 5.69 Å². The van der Waals surface area contributed by atoms with Gasteiger partial charge in [-0.3, -0.25) is 9.59 Å². The molecule has 0 saturated heterocycles. The summed E-state index contributed by atoms with van der Waals surface area (Å²) in [6.45, 7) is 4.47. The molecule has 1 amide bonds. The number of hydrogen-bond donors (Lipinski definition) is 1. The minimum Gasteiger partial charge on any atom is -0.477 e. The van der Waals surface area contributed by atoms with Gasteiger partial charge in [0, 0.05) is 29.7 Å². The van der Waals surface area contributed by atoms with Crippen LogP contribution in [-0.2, 0) is 9.59 Å².